The normalized spacial score (nSPS) is 16.8. The van der Waals surface area contributed by atoms with Gasteiger partial charge in [0.2, 0.25) is 5.91 Å². The van der Waals surface area contributed by atoms with Crippen LogP contribution in [0.3, 0.4) is 0 Å². The molecule has 1 saturated heterocycles. The second-order valence-electron chi connectivity index (χ2n) is 6.26. The van der Waals surface area contributed by atoms with Crippen molar-refractivity contribution in [1.29, 1.82) is 0 Å². The van der Waals surface area contributed by atoms with E-state index in [1.54, 1.807) is 24.5 Å². The average molecular weight is 342 g/mol. The maximum absolute atomic E-state index is 12.9. The van der Waals surface area contributed by atoms with Crippen LogP contribution in [0.5, 0.6) is 0 Å². The van der Waals surface area contributed by atoms with Crippen LogP contribution in [0.2, 0.25) is 0 Å². The third kappa shape index (κ3) is 5.03. The highest BCUT2D eigenvalue weighted by atomic mass is 19.1. The fourth-order valence-electron chi connectivity index (χ4n) is 3.12. The van der Waals surface area contributed by atoms with Crippen molar-refractivity contribution in [2.75, 3.05) is 19.6 Å². The molecule has 1 aliphatic rings. The molecule has 25 heavy (non-hydrogen) atoms. The Morgan fingerprint density at radius 3 is 2.64 bits per heavy atom. The highest BCUT2D eigenvalue weighted by molar-refractivity contribution is 5.91. The van der Waals surface area contributed by atoms with Gasteiger partial charge in [0.25, 0.3) is 0 Å². The predicted molar refractivity (Wildman–Crippen MR) is 95.3 cm³/mol. The molecule has 132 valence electrons. The maximum Gasteiger partial charge on any atom is 0.244 e. The molecule has 1 amide bonds. The number of carbonyl (C=O) groups excluding carboxylic acids is 1. The zero-order chi connectivity index (χ0) is 17.5. The first kappa shape index (κ1) is 17.4. The Hall–Kier alpha value is -2.40. The molecule has 1 N–H and O–H groups in total. The first-order chi connectivity index (χ1) is 12.2. The van der Waals surface area contributed by atoms with Crippen molar-refractivity contribution in [3.8, 4) is 0 Å². The molecule has 1 aromatic carbocycles. The Kier molecular flexibility index (Phi) is 6.01. The fourth-order valence-corrected chi connectivity index (χ4v) is 3.12. The summed E-state index contributed by atoms with van der Waals surface area (Å²) in [7, 11) is 0. The summed E-state index contributed by atoms with van der Waals surface area (Å²) in [5, 5.41) is 2.95. The van der Waals surface area contributed by atoms with Gasteiger partial charge in [-0.15, -0.1) is 0 Å². The number of halogens is 1. The van der Waals surface area contributed by atoms with E-state index in [1.165, 1.54) is 37.5 Å². The Balaban J connectivity index is 1.58. The predicted octanol–water partition coefficient (Wildman–Crippen LogP) is 3.78. The smallest absolute Gasteiger partial charge is 0.244 e. The van der Waals surface area contributed by atoms with E-state index in [9.17, 15) is 9.18 Å². The molecule has 1 aliphatic heterocycles. The number of amides is 1. The van der Waals surface area contributed by atoms with Gasteiger partial charge >= 0.3 is 0 Å². The largest absolute Gasteiger partial charge is 0.468 e. The number of nitrogens with zero attached hydrogens (tertiary/aromatic N) is 1. The third-order valence-corrected chi connectivity index (χ3v) is 4.47. The monoisotopic (exact) mass is 342 g/mol. The Labute approximate surface area is 147 Å². The molecule has 0 aliphatic carbocycles. The zero-order valence-corrected chi connectivity index (χ0v) is 14.2. The number of nitrogens with one attached hydrogen (secondary N) is 1. The van der Waals surface area contributed by atoms with Gasteiger partial charge in [-0.25, -0.2) is 4.39 Å². The lowest BCUT2D eigenvalue weighted by Gasteiger charge is -2.33. The van der Waals surface area contributed by atoms with Crippen molar-refractivity contribution in [3.63, 3.8) is 0 Å². The molecule has 3 rings (SSSR count). The van der Waals surface area contributed by atoms with Crippen molar-refractivity contribution in [3.05, 3.63) is 65.9 Å². The minimum Gasteiger partial charge on any atom is -0.468 e. The van der Waals surface area contributed by atoms with Crippen LogP contribution in [0.25, 0.3) is 6.08 Å². The summed E-state index contributed by atoms with van der Waals surface area (Å²) in [4.78, 5) is 14.5. The van der Waals surface area contributed by atoms with Crippen LogP contribution in [0.1, 0.15) is 36.6 Å². The highest BCUT2D eigenvalue weighted by Crippen LogP contribution is 2.24. The maximum atomic E-state index is 12.9. The Bertz CT molecular complexity index is 689. The SMILES string of the molecule is O=C(/C=C/c1ccc(F)cc1)NC[C@H](c1ccco1)N1CCCCC1. The van der Waals surface area contributed by atoms with E-state index >= 15 is 0 Å². The van der Waals surface area contributed by atoms with Crippen molar-refractivity contribution in [1.82, 2.24) is 10.2 Å². The van der Waals surface area contributed by atoms with Gasteiger partial charge in [-0.3, -0.25) is 9.69 Å². The van der Waals surface area contributed by atoms with E-state index in [-0.39, 0.29) is 17.8 Å². The van der Waals surface area contributed by atoms with Crippen molar-refractivity contribution in [2.45, 2.75) is 25.3 Å². The summed E-state index contributed by atoms with van der Waals surface area (Å²) in [6.45, 7) is 2.54. The lowest BCUT2D eigenvalue weighted by molar-refractivity contribution is -0.116. The lowest BCUT2D eigenvalue weighted by Crippen LogP contribution is -2.40. The first-order valence-corrected chi connectivity index (χ1v) is 8.71. The highest BCUT2D eigenvalue weighted by Gasteiger charge is 2.24. The van der Waals surface area contributed by atoms with Crippen molar-refractivity contribution in [2.24, 2.45) is 0 Å². The van der Waals surface area contributed by atoms with E-state index in [0.29, 0.717) is 6.54 Å². The molecule has 0 bridgehead atoms. The van der Waals surface area contributed by atoms with Gasteiger partial charge < -0.3 is 9.73 Å². The molecule has 0 radical (unpaired) electrons. The number of rotatable bonds is 6. The van der Waals surface area contributed by atoms with Crippen LogP contribution in [-0.4, -0.2) is 30.4 Å². The van der Waals surface area contributed by atoms with E-state index in [1.807, 2.05) is 12.1 Å². The third-order valence-electron chi connectivity index (χ3n) is 4.47. The molecule has 0 spiro atoms. The van der Waals surface area contributed by atoms with E-state index in [4.69, 9.17) is 4.42 Å². The molecule has 2 aromatic rings. The second-order valence-corrected chi connectivity index (χ2v) is 6.26. The number of furan rings is 1. The molecule has 0 saturated carbocycles. The van der Waals surface area contributed by atoms with Crippen molar-refractivity contribution < 1.29 is 13.6 Å². The Morgan fingerprint density at radius 1 is 1.20 bits per heavy atom. The van der Waals surface area contributed by atoms with E-state index in [0.717, 1.165) is 24.4 Å². The summed E-state index contributed by atoms with van der Waals surface area (Å²) < 4.78 is 18.5. The average Bonchev–Trinajstić information content (AvgIpc) is 3.17. The lowest BCUT2D eigenvalue weighted by atomic mass is 10.1. The van der Waals surface area contributed by atoms with Gasteiger partial charge in [0.15, 0.2) is 0 Å². The molecule has 2 heterocycles. The zero-order valence-electron chi connectivity index (χ0n) is 14.2. The van der Waals surface area contributed by atoms with Crippen molar-refractivity contribution >= 4 is 12.0 Å². The molecule has 1 aromatic heterocycles. The number of carbonyl (C=O) groups is 1. The molecule has 5 heteroatoms. The summed E-state index contributed by atoms with van der Waals surface area (Å²) in [5.41, 5.74) is 0.787. The van der Waals surface area contributed by atoms with E-state index < -0.39 is 0 Å². The summed E-state index contributed by atoms with van der Waals surface area (Å²) in [5.74, 6) is 0.423. The van der Waals surface area contributed by atoms with Crippen LogP contribution in [0, 0.1) is 5.82 Å². The van der Waals surface area contributed by atoms with Crippen LogP contribution in [-0.2, 0) is 4.79 Å². The molecular formula is C20H23FN2O2. The van der Waals surface area contributed by atoms with Crippen LogP contribution in [0.15, 0.2) is 53.2 Å². The minimum absolute atomic E-state index is 0.0541. The van der Waals surface area contributed by atoms with Gasteiger partial charge in [-0.05, 0) is 61.8 Å². The first-order valence-electron chi connectivity index (χ1n) is 8.71. The molecule has 1 fully saturated rings. The Morgan fingerprint density at radius 2 is 1.96 bits per heavy atom. The number of hydrogen-bond acceptors (Lipinski definition) is 3. The number of hydrogen-bond donors (Lipinski definition) is 1. The molecular weight excluding hydrogens is 319 g/mol. The standard InChI is InChI=1S/C20H23FN2O2/c21-17-9-6-16(7-10-17)8-11-20(24)22-15-18(19-5-4-14-25-19)23-12-2-1-3-13-23/h4-11,14,18H,1-3,12-13,15H2,(H,22,24)/b11-8+/t18-/m1/s1. The van der Waals surface area contributed by atoms with Gasteiger partial charge in [-0.1, -0.05) is 18.6 Å². The molecule has 0 unspecified atom stereocenters. The van der Waals surface area contributed by atoms with Gasteiger partial charge in [0.1, 0.15) is 11.6 Å². The van der Waals surface area contributed by atoms with Crippen LogP contribution < -0.4 is 5.32 Å². The van der Waals surface area contributed by atoms with E-state index in [2.05, 4.69) is 10.2 Å². The number of benzene rings is 1. The van der Waals surface area contributed by atoms with Gasteiger partial charge in [-0.2, -0.15) is 0 Å². The minimum atomic E-state index is -0.288. The van der Waals surface area contributed by atoms with Crippen LogP contribution in [0.4, 0.5) is 4.39 Å². The van der Waals surface area contributed by atoms with Gasteiger partial charge in [0.05, 0.1) is 12.3 Å². The number of likely N-dealkylation sites (tertiary alicyclic amines) is 1. The molecule has 4 nitrogen and oxygen atoms in total. The topological polar surface area (TPSA) is 45.5 Å². The number of piperidine rings is 1. The summed E-state index contributed by atoms with van der Waals surface area (Å²) in [6.07, 6.45) is 8.43. The summed E-state index contributed by atoms with van der Waals surface area (Å²) >= 11 is 0. The quantitative estimate of drug-likeness (QED) is 0.813. The van der Waals surface area contributed by atoms with Gasteiger partial charge in [0, 0.05) is 12.6 Å². The summed E-state index contributed by atoms with van der Waals surface area (Å²) in [6, 6.07) is 9.92. The fraction of sp³-hybridized carbons (Fsp3) is 0.350. The van der Waals surface area contributed by atoms with Crippen LogP contribution >= 0.6 is 0 Å². The molecule has 1 atom stereocenters. The second kappa shape index (κ2) is 8.62.